The Balaban J connectivity index is 1.83. The van der Waals surface area contributed by atoms with E-state index in [0.717, 1.165) is 19.3 Å². The molecule has 0 aromatic rings. The van der Waals surface area contributed by atoms with Crippen molar-refractivity contribution in [3.63, 3.8) is 0 Å². The topological polar surface area (TPSA) is 40.5 Å². The molecule has 1 saturated carbocycles. The zero-order chi connectivity index (χ0) is 8.77. The Morgan fingerprint density at radius 1 is 1.58 bits per heavy atom. The summed E-state index contributed by atoms with van der Waals surface area (Å²) in [5.41, 5.74) is -0.565. The van der Waals surface area contributed by atoms with Gasteiger partial charge in [0.25, 0.3) is 0 Å². The molecule has 3 nitrogen and oxygen atoms in total. The summed E-state index contributed by atoms with van der Waals surface area (Å²) >= 11 is 0. The lowest BCUT2D eigenvalue weighted by molar-refractivity contribution is -0.157. The predicted octanol–water partition coefficient (Wildman–Crippen LogP) is 0.380. The minimum Gasteiger partial charge on any atom is -0.386 e. The van der Waals surface area contributed by atoms with E-state index < -0.39 is 5.60 Å². The van der Waals surface area contributed by atoms with Crippen molar-refractivity contribution in [3.8, 4) is 0 Å². The number of rotatable bonds is 2. The summed E-state index contributed by atoms with van der Waals surface area (Å²) < 4.78 is 0. The van der Waals surface area contributed by atoms with Gasteiger partial charge in [-0.05, 0) is 19.3 Å². The Morgan fingerprint density at radius 3 is 2.58 bits per heavy atom. The second-order valence-corrected chi connectivity index (χ2v) is 4.05. The number of nitrogens with zero attached hydrogens (tertiary/aromatic N) is 1. The fourth-order valence-corrected chi connectivity index (χ4v) is 1.63. The summed E-state index contributed by atoms with van der Waals surface area (Å²) in [6.45, 7) is 3.07. The zero-order valence-electron chi connectivity index (χ0n) is 7.42. The van der Waals surface area contributed by atoms with E-state index in [-0.39, 0.29) is 5.91 Å². The van der Waals surface area contributed by atoms with Crippen LogP contribution in [0.4, 0.5) is 0 Å². The van der Waals surface area contributed by atoms with Gasteiger partial charge in [-0.1, -0.05) is 6.92 Å². The van der Waals surface area contributed by atoms with E-state index in [0.29, 0.717) is 19.0 Å². The molecule has 1 N–H and O–H groups in total. The lowest BCUT2D eigenvalue weighted by atomic mass is 9.91. The van der Waals surface area contributed by atoms with Crippen LogP contribution in [0.2, 0.25) is 0 Å². The average Bonchev–Trinajstić information content (AvgIpc) is 2.79. The highest BCUT2D eigenvalue weighted by Crippen LogP contribution is 2.34. The number of hydrogen-bond donors (Lipinski definition) is 1. The number of likely N-dealkylation sites (tertiary alicyclic amines) is 1. The number of amides is 1. The monoisotopic (exact) mass is 169 g/mol. The van der Waals surface area contributed by atoms with Crippen molar-refractivity contribution in [3.05, 3.63) is 0 Å². The second kappa shape index (κ2) is 2.46. The largest absolute Gasteiger partial charge is 0.386 e. The van der Waals surface area contributed by atoms with E-state index in [2.05, 4.69) is 0 Å². The van der Waals surface area contributed by atoms with E-state index in [1.165, 1.54) is 0 Å². The van der Waals surface area contributed by atoms with Crippen LogP contribution in [0.5, 0.6) is 0 Å². The standard InChI is InChI=1S/C9H15NO2/c1-2-9(12)5-10(6-9)8(11)7-3-4-7/h7,12H,2-6H2,1H3. The van der Waals surface area contributed by atoms with Crippen LogP contribution >= 0.6 is 0 Å². The second-order valence-electron chi connectivity index (χ2n) is 4.05. The molecule has 1 heterocycles. The van der Waals surface area contributed by atoms with Gasteiger partial charge < -0.3 is 10.0 Å². The minimum atomic E-state index is -0.565. The van der Waals surface area contributed by atoms with Crippen LogP contribution in [-0.2, 0) is 4.79 Å². The van der Waals surface area contributed by atoms with Crippen molar-refractivity contribution in [2.24, 2.45) is 5.92 Å². The van der Waals surface area contributed by atoms with Crippen LogP contribution in [0.1, 0.15) is 26.2 Å². The lowest BCUT2D eigenvalue weighted by Crippen LogP contribution is -2.63. The highest BCUT2D eigenvalue weighted by Gasteiger charge is 2.45. The van der Waals surface area contributed by atoms with E-state index in [1.807, 2.05) is 6.92 Å². The van der Waals surface area contributed by atoms with Crippen molar-refractivity contribution < 1.29 is 9.90 Å². The van der Waals surface area contributed by atoms with Gasteiger partial charge in [-0.2, -0.15) is 0 Å². The fraction of sp³-hybridized carbons (Fsp3) is 0.889. The Hall–Kier alpha value is -0.570. The smallest absolute Gasteiger partial charge is 0.225 e. The molecule has 2 fully saturated rings. The molecule has 0 aromatic carbocycles. The molecule has 0 spiro atoms. The van der Waals surface area contributed by atoms with E-state index >= 15 is 0 Å². The first-order chi connectivity index (χ1) is 5.64. The number of hydrogen-bond acceptors (Lipinski definition) is 2. The van der Waals surface area contributed by atoms with Crippen LogP contribution < -0.4 is 0 Å². The van der Waals surface area contributed by atoms with Crippen molar-refractivity contribution in [2.45, 2.75) is 31.8 Å². The van der Waals surface area contributed by atoms with Gasteiger partial charge in [0, 0.05) is 5.92 Å². The third-order valence-electron chi connectivity index (χ3n) is 2.87. The maximum absolute atomic E-state index is 11.4. The van der Waals surface area contributed by atoms with Gasteiger partial charge in [0.1, 0.15) is 0 Å². The summed E-state index contributed by atoms with van der Waals surface area (Å²) in [6, 6.07) is 0. The van der Waals surface area contributed by atoms with E-state index in [9.17, 15) is 9.90 Å². The van der Waals surface area contributed by atoms with E-state index in [4.69, 9.17) is 0 Å². The summed E-state index contributed by atoms with van der Waals surface area (Å²) in [4.78, 5) is 13.2. The van der Waals surface area contributed by atoms with Crippen LogP contribution in [0.3, 0.4) is 0 Å². The molecule has 0 bridgehead atoms. The lowest BCUT2D eigenvalue weighted by Gasteiger charge is -2.46. The molecule has 0 radical (unpaired) electrons. The van der Waals surface area contributed by atoms with Gasteiger partial charge in [-0.3, -0.25) is 4.79 Å². The fourth-order valence-electron chi connectivity index (χ4n) is 1.63. The number of β-amino-alcohol motifs (C(OH)–C–C–N with tert-alkyl or cyclic N) is 1. The maximum Gasteiger partial charge on any atom is 0.225 e. The summed E-state index contributed by atoms with van der Waals surface area (Å²) in [5, 5.41) is 9.65. The van der Waals surface area contributed by atoms with Crippen LogP contribution in [0, 0.1) is 5.92 Å². The predicted molar refractivity (Wildman–Crippen MR) is 44.5 cm³/mol. The molecule has 12 heavy (non-hydrogen) atoms. The molecule has 1 saturated heterocycles. The van der Waals surface area contributed by atoms with E-state index in [1.54, 1.807) is 4.90 Å². The van der Waals surface area contributed by atoms with Crippen molar-refractivity contribution in [1.82, 2.24) is 4.90 Å². The molecular weight excluding hydrogens is 154 g/mol. The Labute approximate surface area is 72.4 Å². The number of carbonyl (C=O) groups is 1. The number of carbonyl (C=O) groups excluding carboxylic acids is 1. The first kappa shape index (κ1) is 8.05. The molecule has 1 aliphatic carbocycles. The molecule has 3 heteroatoms. The molecule has 2 rings (SSSR count). The first-order valence-corrected chi connectivity index (χ1v) is 4.66. The molecule has 0 atom stereocenters. The van der Waals surface area contributed by atoms with Gasteiger partial charge in [0.2, 0.25) is 5.91 Å². The van der Waals surface area contributed by atoms with Gasteiger partial charge in [0.05, 0.1) is 18.7 Å². The Bertz CT molecular complexity index is 205. The van der Waals surface area contributed by atoms with Crippen molar-refractivity contribution >= 4 is 5.91 Å². The maximum atomic E-state index is 11.4. The van der Waals surface area contributed by atoms with Crippen LogP contribution in [0.25, 0.3) is 0 Å². The summed E-state index contributed by atoms with van der Waals surface area (Å²) in [5.74, 6) is 0.555. The summed E-state index contributed by atoms with van der Waals surface area (Å²) in [7, 11) is 0. The van der Waals surface area contributed by atoms with Gasteiger partial charge >= 0.3 is 0 Å². The molecule has 1 amide bonds. The van der Waals surface area contributed by atoms with Crippen molar-refractivity contribution in [2.75, 3.05) is 13.1 Å². The first-order valence-electron chi connectivity index (χ1n) is 4.66. The quantitative estimate of drug-likeness (QED) is 0.649. The Morgan fingerprint density at radius 2 is 2.17 bits per heavy atom. The molecule has 1 aliphatic heterocycles. The third-order valence-corrected chi connectivity index (χ3v) is 2.87. The van der Waals surface area contributed by atoms with Gasteiger partial charge in [-0.25, -0.2) is 0 Å². The van der Waals surface area contributed by atoms with Crippen LogP contribution in [-0.4, -0.2) is 34.6 Å². The normalized spacial score (nSPS) is 26.7. The highest BCUT2D eigenvalue weighted by atomic mass is 16.3. The minimum absolute atomic E-state index is 0.258. The molecular formula is C9H15NO2. The molecule has 0 unspecified atom stereocenters. The number of aliphatic hydroxyl groups is 1. The average molecular weight is 169 g/mol. The van der Waals surface area contributed by atoms with Gasteiger partial charge in [0.15, 0.2) is 0 Å². The van der Waals surface area contributed by atoms with Crippen molar-refractivity contribution in [1.29, 1.82) is 0 Å². The highest BCUT2D eigenvalue weighted by molar-refractivity contribution is 5.82. The SMILES string of the molecule is CCC1(O)CN(C(=O)C2CC2)C1. The summed E-state index contributed by atoms with van der Waals surface area (Å²) in [6.07, 6.45) is 2.86. The molecule has 2 aliphatic rings. The molecule has 0 aromatic heterocycles. The Kier molecular flexibility index (Phi) is 1.65. The van der Waals surface area contributed by atoms with Gasteiger partial charge in [-0.15, -0.1) is 0 Å². The zero-order valence-corrected chi connectivity index (χ0v) is 7.42. The third kappa shape index (κ3) is 1.22. The molecule has 68 valence electrons. The van der Waals surface area contributed by atoms with Crippen LogP contribution in [0.15, 0.2) is 0 Å².